The number of benzene rings is 2. The average molecular weight is 279 g/mol. The van der Waals surface area contributed by atoms with E-state index in [-0.39, 0.29) is 0 Å². The SMILES string of the molecule is Cc1cc(CNC2=NCCN2C)ccc1-c1ccccc1. The fourth-order valence-electron chi connectivity index (χ4n) is 2.68. The van der Waals surface area contributed by atoms with Gasteiger partial charge in [-0.25, -0.2) is 0 Å². The van der Waals surface area contributed by atoms with Gasteiger partial charge in [0.1, 0.15) is 0 Å². The largest absolute Gasteiger partial charge is 0.352 e. The predicted molar refractivity (Wildman–Crippen MR) is 88.4 cm³/mol. The number of hydrogen-bond donors (Lipinski definition) is 1. The highest BCUT2D eigenvalue weighted by Crippen LogP contribution is 2.23. The van der Waals surface area contributed by atoms with E-state index in [1.54, 1.807) is 0 Å². The van der Waals surface area contributed by atoms with Crippen molar-refractivity contribution >= 4 is 5.96 Å². The zero-order chi connectivity index (χ0) is 14.7. The Bertz CT molecular complexity index is 647. The Morgan fingerprint density at radius 1 is 1.14 bits per heavy atom. The third kappa shape index (κ3) is 3.07. The predicted octanol–water partition coefficient (Wildman–Crippen LogP) is 3.05. The van der Waals surface area contributed by atoms with Crippen LogP contribution in [0.4, 0.5) is 0 Å². The summed E-state index contributed by atoms with van der Waals surface area (Å²) in [6.45, 7) is 4.89. The normalized spacial score (nSPS) is 14.2. The first-order valence-electron chi connectivity index (χ1n) is 7.38. The van der Waals surface area contributed by atoms with Crippen molar-refractivity contribution < 1.29 is 0 Å². The molecule has 0 unspecified atom stereocenters. The van der Waals surface area contributed by atoms with Gasteiger partial charge in [0.15, 0.2) is 5.96 Å². The van der Waals surface area contributed by atoms with Gasteiger partial charge >= 0.3 is 0 Å². The molecular formula is C18H21N3. The minimum Gasteiger partial charge on any atom is -0.352 e. The number of aliphatic imine (C=N–C) groups is 1. The van der Waals surface area contributed by atoms with Crippen LogP contribution in [-0.4, -0.2) is 31.0 Å². The van der Waals surface area contributed by atoms with Crippen LogP contribution in [0.1, 0.15) is 11.1 Å². The summed E-state index contributed by atoms with van der Waals surface area (Å²) >= 11 is 0. The summed E-state index contributed by atoms with van der Waals surface area (Å²) in [5, 5.41) is 3.41. The van der Waals surface area contributed by atoms with E-state index in [1.807, 2.05) is 0 Å². The Hall–Kier alpha value is -2.29. The van der Waals surface area contributed by atoms with Crippen molar-refractivity contribution in [2.24, 2.45) is 4.99 Å². The number of aryl methyl sites for hydroxylation is 1. The Kier molecular flexibility index (Phi) is 3.91. The second-order valence-corrected chi connectivity index (χ2v) is 5.50. The van der Waals surface area contributed by atoms with Gasteiger partial charge in [-0.1, -0.05) is 48.5 Å². The molecule has 0 saturated heterocycles. The lowest BCUT2D eigenvalue weighted by Gasteiger charge is -2.16. The Balaban J connectivity index is 1.73. The van der Waals surface area contributed by atoms with Crippen molar-refractivity contribution in [1.82, 2.24) is 10.2 Å². The standard InChI is InChI=1S/C18H21N3/c1-14-12-15(13-20-18-19-10-11-21(18)2)8-9-17(14)16-6-4-3-5-7-16/h3-9,12H,10-11,13H2,1-2H3,(H,19,20). The minimum atomic E-state index is 0.819. The first-order chi connectivity index (χ1) is 10.2. The van der Waals surface area contributed by atoms with Crippen LogP contribution in [0, 0.1) is 6.92 Å². The van der Waals surface area contributed by atoms with Crippen molar-refractivity contribution in [3.8, 4) is 11.1 Å². The van der Waals surface area contributed by atoms with Crippen molar-refractivity contribution in [3.05, 3.63) is 59.7 Å². The molecule has 1 aliphatic rings. The maximum absolute atomic E-state index is 4.45. The molecule has 3 rings (SSSR count). The molecule has 1 N–H and O–H groups in total. The zero-order valence-corrected chi connectivity index (χ0v) is 12.6. The van der Waals surface area contributed by atoms with Crippen LogP contribution >= 0.6 is 0 Å². The van der Waals surface area contributed by atoms with Crippen LogP contribution in [0.5, 0.6) is 0 Å². The number of likely N-dealkylation sites (N-methyl/N-ethyl adjacent to an activating group) is 1. The second-order valence-electron chi connectivity index (χ2n) is 5.50. The summed E-state index contributed by atoms with van der Waals surface area (Å²) in [6, 6.07) is 17.2. The molecule has 1 heterocycles. The van der Waals surface area contributed by atoms with Gasteiger partial charge in [-0.2, -0.15) is 0 Å². The van der Waals surface area contributed by atoms with E-state index in [9.17, 15) is 0 Å². The highest BCUT2D eigenvalue weighted by atomic mass is 15.3. The van der Waals surface area contributed by atoms with E-state index in [0.29, 0.717) is 0 Å². The molecule has 2 aromatic rings. The van der Waals surface area contributed by atoms with E-state index >= 15 is 0 Å². The number of nitrogens with zero attached hydrogens (tertiary/aromatic N) is 2. The highest BCUT2D eigenvalue weighted by Gasteiger charge is 2.11. The molecule has 21 heavy (non-hydrogen) atoms. The van der Waals surface area contributed by atoms with Crippen molar-refractivity contribution in [3.63, 3.8) is 0 Å². The van der Waals surface area contributed by atoms with Gasteiger partial charge in [-0.15, -0.1) is 0 Å². The number of nitrogens with one attached hydrogen (secondary N) is 1. The molecule has 0 aliphatic carbocycles. The van der Waals surface area contributed by atoms with Crippen LogP contribution in [0.2, 0.25) is 0 Å². The van der Waals surface area contributed by atoms with Gasteiger partial charge in [-0.05, 0) is 29.2 Å². The smallest absolute Gasteiger partial charge is 0.194 e. The molecule has 0 fully saturated rings. The molecule has 1 aliphatic heterocycles. The van der Waals surface area contributed by atoms with Crippen LogP contribution in [0.15, 0.2) is 53.5 Å². The van der Waals surface area contributed by atoms with Gasteiger partial charge in [-0.3, -0.25) is 4.99 Å². The fraction of sp³-hybridized carbons (Fsp3) is 0.278. The topological polar surface area (TPSA) is 27.6 Å². The van der Waals surface area contributed by atoms with E-state index in [1.165, 1.54) is 22.3 Å². The van der Waals surface area contributed by atoms with Crippen LogP contribution in [0.3, 0.4) is 0 Å². The summed E-state index contributed by atoms with van der Waals surface area (Å²) in [7, 11) is 2.07. The molecule has 0 atom stereocenters. The number of guanidine groups is 1. The molecule has 0 spiro atoms. The first-order valence-corrected chi connectivity index (χ1v) is 7.38. The summed E-state index contributed by atoms with van der Waals surface area (Å²) in [4.78, 5) is 6.61. The molecule has 0 amide bonds. The minimum absolute atomic E-state index is 0.819. The van der Waals surface area contributed by atoms with Crippen molar-refractivity contribution in [2.45, 2.75) is 13.5 Å². The summed E-state index contributed by atoms with van der Waals surface area (Å²) < 4.78 is 0. The highest BCUT2D eigenvalue weighted by molar-refractivity contribution is 5.81. The third-order valence-electron chi connectivity index (χ3n) is 3.88. The molecular weight excluding hydrogens is 258 g/mol. The molecule has 0 radical (unpaired) electrons. The van der Waals surface area contributed by atoms with Gasteiger partial charge in [0.2, 0.25) is 0 Å². The lowest BCUT2D eigenvalue weighted by Crippen LogP contribution is -2.35. The lowest BCUT2D eigenvalue weighted by molar-refractivity contribution is 0.534. The quantitative estimate of drug-likeness (QED) is 0.935. The fourth-order valence-corrected chi connectivity index (χ4v) is 2.68. The molecule has 0 aromatic heterocycles. The average Bonchev–Trinajstić information content (AvgIpc) is 2.91. The Labute approximate surface area is 126 Å². The summed E-state index contributed by atoms with van der Waals surface area (Å²) in [5.74, 6) is 1.000. The number of rotatable bonds is 3. The molecule has 0 saturated carbocycles. The van der Waals surface area contributed by atoms with Crippen LogP contribution in [0.25, 0.3) is 11.1 Å². The first kappa shape index (κ1) is 13.7. The van der Waals surface area contributed by atoms with Gasteiger partial charge in [0.05, 0.1) is 6.54 Å². The lowest BCUT2D eigenvalue weighted by atomic mass is 9.98. The van der Waals surface area contributed by atoms with E-state index < -0.39 is 0 Å². The molecule has 3 heteroatoms. The van der Waals surface area contributed by atoms with E-state index in [0.717, 1.165) is 25.6 Å². The van der Waals surface area contributed by atoms with Gasteiger partial charge in [0, 0.05) is 20.1 Å². The Morgan fingerprint density at radius 3 is 2.62 bits per heavy atom. The number of hydrogen-bond acceptors (Lipinski definition) is 3. The van der Waals surface area contributed by atoms with E-state index in [2.05, 4.69) is 77.7 Å². The van der Waals surface area contributed by atoms with Crippen molar-refractivity contribution in [1.29, 1.82) is 0 Å². The van der Waals surface area contributed by atoms with E-state index in [4.69, 9.17) is 0 Å². The molecule has 2 aromatic carbocycles. The zero-order valence-electron chi connectivity index (χ0n) is 12.6. The summed E-state index contributed by atoms with van der Waals surface area (Å²) in [6.07, 6.45) is 0. The van der Waals surface area contributed by atoms with Gasteiger partial charge < -0.3 is 10.2 Å². The van der Waals surface area contributed by atoms with Crippen molar-refractivity contribution in [2.75, 3.05) is 20.1 Å². The van der Waals surface area contributed by atoms with Crippen LogP contribution < -0.4 is 5.32 Å². The molecule has 108 valence electrons. The molecule has 3 nitrogen and oxygen atoms in total. The maximum Gasteiger partial charge on any atom is 0.194 e. The molecule has 0 bridgehead atoms. The third-order valence-corrected chi connectivity index (χ3v) is 3.88. The maximum atomic E-state index is 4.45. The summed E-state index contributed by atoms with van der Waals surface area (Å²) in [5.41, 5.74) is 5.17. The second kappa shape index (κ2) is 6.00. The monoisotopic (exact) mass is 279 g/mol. The van der Waals surface area contributed by atoms with Crippen LogP contribution in [-0.2, 0) is 6.54 Å². The Morgan fingerprint density at radius 2 is 1.95 bits per heavy atom. The van der Waals surface area contributed by atoms with Gasteiger partial charge in [0.25, 0.3) is 0 Å².